The Morgan fingerprint density at radius 3 is 2.54 bits per heavy atom. The Balaban J connectivity index is 1.60. The topological polar surface area (TPSA) is 88.2 Å². The van der Waals surface area contributed by atoms with Crippen LogP contribution in [0.5, 0.6) is 0 Å². The molecule has 1 amide bonds. The lowest BCUT2D eigenvalue weighted by atomic mass is 10.1. The van der Waals surface area contributed by atoms with Crippen molar-refractivity contribution in [2.75, 3.05) is 17.5 Å². The number of anilines is 1. The highest BCUT2D eigenvalue weighted by molar-refractivity contribution is 7.92. The van der Waals surface area contributed by atoms with E-state index >= 15 is 0 Å². The van der Waals surface area contributed by atoms with E-state index in [2.05, 4.69) is 27.2 Å². The maximum Gasteiger partial charge on any atom is 0.253 e. The van der Waals surface area contributed by atoms with E-state index in [4.69, 9.17) is 0 Å². The van der Waals surface area contributed by atoms with Crippen molar-refractivity contribution in [3.8, 4) is 10.6 Å². The molecule has 8 heteroatoms. The van der Waals surface area contributed by atoms with Gasteiger partial charge in [0.1, 0.15) is 5.01 Å². The molecule has 0 radical (unpaired) electrons. The maximum atomic E-state index is 12.4. The molecule has 0 bridgehead atoms. The molecule has 1 aromatic heterocycles. The zero-order chi connectivity index (χ0) is 20.1. The van der Waals surface area contributed by atoms with Crippen LogP contribution >= 0.6 is 11.3 Å². The van der Waals surface area contributed by atoms with E-state index in [1.54, 1.807) is 35.6 Å². The number of para-hydroxylation sites is 1. The second-order valence-corrected chi connectivity index (χ2v) is 9.04. The highest BCUT2D eigenvalue weighted by Gasteiger charge is 2.13. The lowest BCUT2D eigenvalue weighted by molar-refractivity contribution is 0.0955. The molecule has 0 atom stereocenters. The predicted octanol–water partition coefficient (Wildman–Crippen LogP) is 3.46. The molecule has 0 fully saturated rings. The van der Waals surface area contributed by atoms with Crippen LogP contribution in [0.25, 0.3) is 10.6 Å². The predicted molar refractivity (Wildman–Crippen MR) is 113 cm³/mol. The fourth-order valence-electron chi connectivity index (χ4n) is 2.62. The van der Waals surface area contributed by atoms with Crippen molar-refractivity contribution < 1.29 is 13.2 Å². The number of carbonyl (C=O) groups excluding carboxylic acids is 1. The van der Waals surface area contributed by atoms with Crippen molar-refractivity contribution in [3.63, 3.8) is 0 Å². The van der Waals surface area contributed by atoms with Crippen molar-refractivity contribution in [3.05, 3.63) is 70.7 Å². The van der Waals surface area contributed by atoms with Gasteiger partial charge in [0.25, 0.3) is 5.91 Å². The molecule has 0 saturated carbocycles. The van der Waals surface area contributed by atoms with E-state index in [1.807, 2.05) is 24.4 Å². The number of thiazole rings is 1. The van der Waals surface area contributed by atoms with Gasteiger partial charge in [0, 0.05) is 23.9 Å². The van der Waals surface area contributed by atoms with Crippen molar-refractivity contribution in [1.29, 1.82) is 0 Å². The number of aryl methyl sites for hydroxylation is 1. The quantitative estimate of drug-likeness (QED) is 0.619. The van der Waals surface area contributed by atoms with Gasteiger partial charge in [-0.15, -0.1) is 11.3 Å². The number of sulfonamides is 1. The van der Waals surface area contributed by atoms with E-state index in [9.17, 15) is 13.2 Å². The van der Waals surface area contributed by atoms with Gasteiger partial charge in [0.2, 0.25) is 10.0 Å². The van der Waals surface area contributed by atoms with Crippen LogP contribution in [0.2, 0.25) is 0 Å². The monoisotopic (exact) mass is 415 g/mol. The number of nitrogens with zero attached hydrogens (tertiary/aromatic N) is 1. The molecule has 28 heavy (non-hydrogen) atoms. The Morgan fingerprint density at radius 1 is 1.11 bits per heavy atom. The van der Waals surface area contributed by atoms with E-state index in [0.717, 1.165) is 22.5 Å². The third-order valence-corrected chi connectivity index (χ3v) is 5.51. The van der Waals surface area contributed by atoms with Crippen molar-refractivity contribution in [2.24, 2.45) is 0 Å². The molecule has 0 unspecified atom stereocenters. The molecule has 0 aliphatic rings. The average Bonchev–Trinajstić information content (AvgIpc) is 3.10. The molecule has 2 aromatic carbocycles. The van der Waals surface area contributed by atoms with E-state index in [1.165, 1.54) is 5.56 Å². The van der Waals surface area contributed by atoms with Crippen LogP contribution in [0.3, 0.4) is 0 Å². The summed E-state index contributed by atoms with van der Waals surface area (Å²) >= 11 is 1.57. The molecule has 0 aliphatic heterocycles. The molecular formula is C20H21N3O3S2. The Labute approximate surface area is 168 Å². The van der Waals surface area contributed by atoms with Crippen molar-refractivity contribution >= 4 is 33.0 Å². The summed E-state index contributed by atoms with van der Waals surface area (Å²) in [6.07, 6.45) is 1.64. The van der Waals surface area contributed by atoms with Crippen molar-refractivity contribution in [2.45, 2.75) is 13.3 Å². The smallest absolute Gasteiger partial charge is 0.253 e. The number of amides is 1. The molecule has 6 nitrogen and oxygen atoms in total. The molecule has 3 aromatic rings. The molecular weight excluding hydrogens is 394 g/mol. The number of benzene rings is 2. The Hall–Kier alpha value is -2.71. The standard InChI is InChI=1S/C20H21N3O3S2/c1-14-7-9-15(10-8-14)20-22-16(13-27-20)11-12-21-19(24)17-5-3-4-6-18(17)23-28(2,25)26/h3-10,13,23H,11-12H2,1-2H3,(H,21,24). The second kappa shape index (κ2) is 8.53. The summed E-state index contributed by atoms with van der Waals surface area (Å²) < 4.78 is 25.3. The molecule has 2 N–H and O–H groups in total. The fourth-order valence-corrected chi connectivity index (χ4v) is 4.06. The van der Waals surface area contributed by atoms with Crippen LogP contribution in [0.4, 0.5) is 5.69 Å². The summed E-state index contributed by atoms with van der Waals surface area (Å²) in [4.78, 5) is 17.1. The Bertz CT molecular complexity index is 1070. The van der Waals surface area contributed by atoms with Gasteiger partial charge >= 0.3 is 0 Å². The first-order valence-electron chi connectivity index (χ1n) is 8.68. The van der Waals surface area contributed by atoms with Crippen LogP contribution in [0, 0.1) is 6.92 Å². The summed E-state index contributed by atoms with van der Waals surface area (Å²) in [5.41, 5.74) is 3.73. The van der Waals surface area contributed by atoms with Gasteiger partial charge in [0.05, 0.1) is 23.2 Å². The fraction of sp³-hybridized carbons (Fsp3) is 0.200. The van der Waals surface area contributed by atoms with Gasteiger partial charge in [-0.2, -0.15) is 0 Å². The first-order valence-corrected chi connectivity index (χ1v) is 11.5. The summed E-state index contributed by atoms with van der Waals surface area (Å²) in [5.74, 6) is -0.333. The number of nitrogens with one attached hydrogen (secondary N) is 2. The zero-order valence-corrected chi connectivity index (χ0v) is 17.2. The van der Waals surface area contributed by atoms with E-state index in [-0.39, 0.29) is 17.2 Å². The van der Waals surface area contributed by atoms with Gasteiger partial charge in [-0.1, -0.05) is 42.0 Å². The number of rotatable bonds is 7. The second-order valence-electron chi connectivity index (χ2n) is 6.44. The highest BCUT2D eigenvalue weighted by Crippen LogP contribution is 2.24. The highest BCUT2D eigenvalue weighted by atomic mass is 32.2. The maximum absolute atomic E-state index is 12.4. The van der Waals surface area contributed by atoms with Crippen LogP contribution in [0.1, 0.15) is 21.6 Å². The molecule has 0 spiro atoms. The molecule has 0 saturated heterocycles. The molecule has 146 valence electrons. The Morgan fingerprint density at radius 2 is 1.82 bits per heavy atom. The Kier molecular flexibility index (Phi) is 6.11. The van der Waals surface area contributed by atoms with E-state index < -0.39 is 10.0 Å². The minimum atomic E-state index is -3.46. The number of aromatic nitrogens is 1. The number of hydrogen-bond donors (Lipinski definition) is 2. The van der Waals surface area contributed by atoms with Gasteiger partial charge in [-0.05, 0) is 19.1 Å². The van der Waals surface area contributed by atoms with Crippen LogP contribution < -0.4 is 10.0 Å². The van der Waals surface area contributed by atoms with Crippen LogP contribution in [-0.4, -0.2) is 32.1 Å². The summed E-state index contributed by atoms with van der Waals surface area (Å²) in [6, 6.07) is 14.7. The summed E-state index contributed by atoms with van der Waals surface area (Å²) in [5, 5.41) is 5.76. The molecule has 3 rings (SSSR count). The first-order chi connectivity index (χ1) is 13.3. The molecule has 1 heterocycles. The summed E-state index contributed by atoms with van der Waals surface area (Å²) in [6.45, 7) is 2.45. The van der Waals surface area contributed by atoms with Crippen LogP contribution in [-0.2, 0) is 16.4 Å². The minimum Gasteiger partial charge on any atom is -0.352 e. The summed E-state index contributed by atoms with van der Waals surface area (Å²) in [7, 11) is -3.46. The largest absolute Gasteiger partial charge is 0.352 e. The van der Waals surface area contributed by atoms with E-state index in [0.29, 0.717) is 13.0 Å². The zero-order valence-electron chi connectivity index (χ0n) is 15.6. The minimum absolute atomic E-state index is 0.262. The average molecular weight is 416 g/mol. The van der Waals surface area contributed by atoms with Crippen LogP contribution in [0.15, 0.2) is 53.9 Å². The van der Waals surface area contributed by atoms with Gasteiger partial charge < -0.3 is 5.32 Å². The normalized spacial score (nSPS) is 11.2. The van der Waals surface area contributed by atoms with Gasteiger partial charge in [0.15, 0.2) is 0 Å². The third kappa shape index (κ3) is 5.40. The van der Waals surface area contributed by atoms with Crippen molar-refractivity contribution in [1.82, 2.24) is 10.3 Å². The lowest BCUT2D eigenvalue weighted by Gasteiger charge is -2.10. The number of carbonyl (C=O) groups is 1. The van der Waals surface area contributed by atoms with Gasteiger partial charge in [-0.3, -0.25) is 9.52 Å². The molecule has 0 aliphatic carbocycles. The third-order valence-electron chi connectivity index (χ3n) is 3.98. The SMILES string of the molecule is Cc1ccc(-c2nc(CCNC(=O)c3ccccc3NS(C)(=O)=O)cs2)cc1. The number of hydrogen-bond acceptors (Lipinski definition) is 5. The first kappa shape index (κ1) is 20.0. The lowest BCUT2D eigenvalue weighted by Crippen LogP contribution is -2.27. The van der Waals surface area contributed by atoms with Gasteiger partial charge in [-0.25, -0.2) is 13.4 Å².